The minimum Gasteiger partial charge on any atom is -0.461 e. The third-order valence-corrected chi connectivity index (χ3v) is 11.1. The number of rotatable bonds is 9. The fraction of sp³-hybridized carbons (Fsp3) is 0.818. The molecule has 4 heterocycles. The van der Waals surface area contributed by atoms with E-state index in [1.807, 2.05) is 18.4 Å². The average molecular weight is 640 g/mol. The zero-order chi connectivity index (χ0) is 31.0. The first kappa shape index (κ1) is 32.4. The summed E-state index contributed by atoms with van der Waals surface area (Å²) in [4.78, 5) is 19.2. The molecule has 8 nitrogen and oxygen atoms in total. The van der Waals surface area contributed by atoms with Gasteiger partial charge < -0.3 is 23.5 Å². The Morgan fingerprint density at radius 1 is 1.16 bits per heavy atom. The normalized spacial score (nSPS) is 37.0. The number of halogens is 3. The molecule has 11 heteroatoms. The van der Waals surface area contributed by atoms with Gasteiger partial charge in [0.15, 0.2) is 5.79 Å². The third kappa shape index (κ3) is 6.75. The minimum absolute atomic E-state index is 0.0129. The van der Waals surface area contributed by atoms with Crippen molar-refractivity contribution >= 4 is 23.6 Å². The van der Waals surface area contributed by atoms with Crippen LogP contribution in [0.4, 0.5) is 8.78 Å². The quantitative estimate of drug-likeness (QED) is 0.183. The number of esters is 1. The topological polar surface area (TPSA) is 75.0 Å². The van der Waals surface area contributed by atoms with Gasteiger partial charge in [-0.05, 0) is 97.1 Å². The van der Waals surface area contributed by atoms with Crippen molar-refractivity contribution in [2.45, 2.75) is 127 Å². The molecular weight excluding hydrogens is 592 g/mol. The Hall–Kier alpha value is -1.59. The number of imidazole rings is 1. The lowest BCUT2D eigenvalue weighted by molar-refractivity contribution is -0.219. The smallest absolute Gasteiger partial charge is 0.367 e. The molecule has 6 rings (SSSR count). The first-order valence-corrected chi connectivity index (χ1v) is 17.2. The van der Waals surface area contributed by atoms with Crippen LogP contribution in [-0.2, 0) is 36.8 Å². The van der Waals surface area contributed by atoms with Crippen LogP contribution in [0.15, 0.2) is 5.83 Å². The van der Waals surface area contributed by atoms with Crippen LogP contribution in [0.25, 0.3) is 6.08 Å². The molecule has 5 aliphatic rings. The molecule has 7 unspecified atom stereocenters. The largest absolute Gasteiger partial charge is 0.461 e. The van der Waals surface area contributed by atoms with Gasteiger partial charge in [0.2, 0.25) is 5.83 Å². The number of ether oxygens (including phenoxy) is 4. The highest BCUT2D eigenvalue weighted by Crippen LogP contribution is 2.50. The summed E-state index contributed by atoms with van der Waals surface area (Å²) in [5.41, 5.74) is 1.26. The first-order valence-electron chi connectivity index (χ1n) is 16.7. The third-order valence-electron chi connectivity index (χ3n) is 10.7. The van der Waals surface area contributed by atoms with Crippen molar-refractivity contribution in [2.24, 2.45) is 17.8 Å². The molecule has 3 aliphatic heterocycles. The molecule has 0 radical (unpaired) electrons. The van der Waals surface area contributed by atoms with Crippen LogP contribution >= 0.6 is 11.6 Å². The van der Waals surface area contributed by atoms with Gasteiger partial charge in [0.25, 0.3) is 0 Å². The Bertz CT molecular complexity index is 1200. The maximum atomic E-state index is 15.1. The lowest BCUT2D eigenvalue weighted by Gasteiger charge is -2.41. The van der Waals surface area contributed by atoms with E-state index in [1.54, 1.807) is 6.92 Å². The van der Waals surface area contributed by atoms with Crippen LogP contribution in [-0.4, -0.2) is 82.4 Å². The van der Waals surface area contributed by atoms with Gasteiger partial charge >= 0.3 is 5.97 Å². The number of hydrogen-bond donors (Lipinski definition) is 0. The van der Waals surface area contributed by atoms with Crippen LogP contribution in [0.2, 0.25) is 0 Å². The molecule has 1 aromatic rings. The van der Waals surface area contributed by atoms with Crippen LogP contribution in [0.5, 0.6) is 0 Å². The summed E-state index contributed by atoms with van der Waals surface area (Å²) >= 11 is 6.26. The molecule has 3 saturated heterocycles. The highest BCUT2D eigenvalue weighted by molar-refractivity contribution is 6.20. The van der Waals surface area contributed by atoms with Crippen molar-refractivity contribution in [2.75, 3.05) is 26.3 Å². The molecule has 0 aromatic carbocycles. The number of likely N-dealkylation sites (tertiary alicyclic amines) is 1. The summed E-state index contributed by atoms with van der Waals surface area (Å²) < 4.78 is 55.6. The Labute approximate surface area is 264 Å². The number of aryl methyl sites for hydroxylation is 1. The summed E-state index contributed by atoms with van der Waals surface area (Å²) in [6.07, 6.45) is 8.46. The van der Waals surface area contributed by atoms with Crippen molar-refractivity contribution in [3.8, 4) is 0 Å². The second-order valence-corrected chi connectivity index (χ2v) is 14.2. The predicted octanol–water partition coefficient (Wildman–Crippen LogP) is 6.11. The molecule has 0 amide bonds. The molecule has 8 atom stereocenters. The lowest BCUT2D eigenvalue weighted by Crippen LogP contribution is -2.46. The lowest BCUT2D eigenvalue weighted by atomic mass is 9.73. The minimum atomic E-state index is -0.997. The number of hydrogen-bond acceptors (Lipinski definition) is 7. The molecule has 0 N–H and O–H groups in total. The molecule has 0 bridgehead atoms. The van der Waals surface area contributed by atoms with E-state index < -0.39 is 23.8 Å². The highest BCUT2D eigenvalue weighted by atomic mass is 35.5. The van der Waals surface area contributed by atoms with E-state index in [1.165, 1.54) is 6.08 Å². The Morgan fingerprint density at radius 3 is 2.61 bits per heavy atom. The van der Waals surface area contributed by atoms with E-state index in [4.69, 9.17) is 35.5 Å². The molecule has 2 aliphatic carbocycles. The highest BCUT2D eigenvalue weighted by Gasteiger charge is 2.56. The van der Waals surface area contributed by atoms with Crippen molar-refractivity contribution in [3.05, 3.63) is 23.0 Å². The van der Waals surface area contributed by atoms with Gasteiger partial charge in [-0.1, -0.05) is 6.42 Å². The maximum Gasteiger partial charge on any atom is 0.367 e. The summed E-state index contributed by atoms with van der Waals surface area (Å²) in [6, 6.07) is 0. The fourth-order valence-corrected chi connectivity index (χ4v) is 8.58. The molecule has 44 heavy (non-hydrogen) atoms. The second-order valence-electron chi connectivity index (χ2n) is 13.6. The summed E-state index contributed by atoms with van der Waals surface area (Å²) in [6.45, 7) is 9.37. The van der Waals surface area contributed by atoms with Gasteiger partial charge in [0.1, 0.15) is 12.0 Å². The Kier molecular flexibility index (Phi) is 10.0. The molecule has 2 saturated carbocycles. The Morgan fingerprint density at radius 2 is 1.93 bits per heavy atom. The predicted molar refractivity (Wildman–Crippen MR) is 162 cm³/mol. The number of aromatic nitrogens is 2. The van der Waals surface area contributed by atoms with Crippen LogP contribution < -0.4 is 0 Å². The molecular formula is C33H48ClF2N3O5. The van der Waals surface area contributed by atoms with Gasteiger partial charge in [0, 0.05) is 24.0 Å². The van der Waals surface area contributed by atoms with E-state index in [0.717, 1.165) is 70.5 Å². The number of alkyl halides is 2. The van der Waals surface area contributed by atoms with Gasteiger partial charge in [0.05, 0.1) is 49.4 Å². The van der Waals surface area contributed by atoms with Gasteiger partial charge in [-0.25, -0.2) is 14.2 Å². The monoisotopic (exact) mass is 639 g/mol. The standard InChI is InChI=1S/C33H48ClF2N3O5/c1-4-41-32(40)27(36)17-28-20(2)37-30(39(28)18-23-12-15-42-23)19-38-13-10-21(11-14-38)24-6-5-7-29-31(24)44-33(3,43-29)25-9-8-22(34)16-26(25)35/h17,21-26,29,31H,4-16,18-19H2,1-3H3/b27-17-/t22?,23?,24?,25?,26?,29?,31?,33-/m0/s1. The van der Waals surface area contributed by atoms with Gasteiger partial charge in [-0.15, -0.1) is 11.6 Å². The van der Waals surface area contributed by atoms with Crippen LogP contribution in [0, 0.1) is 24.7 Å². The molecule has 5 fully saturated rings. The van der Waals surface area contributed by atoms with Crippen LogP contribution in [0.3, 0.4) is 0 Å². The number of fused-ring (bicyclic) bond motifs is 1. The van der Waals surface area contributed by atoms with Crippen molar-refractivity contribution in [1.82, 2.24) is 14.5 Å². The number of nitrogens with zero attached hydrogens (tertiary/aromatic N) is 3. The average Bonchev–Trinajstić information content (AvgIpc) is 3.46. The summed E-state index contributed by atoms with van der Waals surface area (Å²) in [7, 11) is 0. The molecule has 1 aromatic heterocycles. The van der Waals surface area contributed by atoms with E-state index in [0.29, 0.717) is 49.2 Å². The van der Waals surface area contributed by atoms with Crippen molar-refractivity contribution in [3.63, 3.8) is 0 Å². The number of carbonyl (C=O) groups is 1. The van der Waals surface area contributed by atoms with E-state index in [-0.39, 0.29) is 36.2 Å². The van der Waals surface area contributed by atoms with E-state index >= 15 is 4.39 Å². The molecule has 0 spiro atoms. The van der Waals surface area contributed by atoms with Gasteiger partial charge in [-0.2, -0.15) is 4.39 Å². The zero-order valence-corrected chi connectivity index (χ0v) is 27.1. The number of carbonyl (C=O) groups excluding carboxylic acids is 1. The van der Waals surface area contributed by atoms with E-state index in [2.05, 4.69) is 4.90 Å². The van der Waals surface area contributed by atoms with Crippen molar-refractivity contribution < 1.29 is 32.5 Å². The second kappa shape index (κ2) is 13.6. The van der Waals surface area contributed by atoms with Crippen LogP contribution in [0.1, 0.15) is 88.8 Å². The maximum absolute atomic E-state index is 15.1. The molecule has 246 valence electrons. The SMILES string of the molecule is CCOC(=O)/C(F)=C/c1c(C)nc(CN2CCC(C3CCCC4O[C@](C)(C5CCC(Cl)CC5F)OC43)CC2)n1CC1CCO1. The zero-order valence-electron chi connectivity index (χ0n) is 26.3. The fourth-order valence-electron chi connectivity index (χ4n) is 8.29. The van der Waals surface area contributed by atoms with Crippen molar-refractivity contribution in [1.29, 1.82) is 0 Å². The van der Waals surface area contributed by atoms with Gasteiger partial charge in [-0.3, -0.25) is 4.90 Å². The first-order chi connectivity index (χ1) is 21.1. The Balaban J connectivity index is 1.10. The summed E-state index contributed by atoms with van der Waals surface area (Å²) in [5, 5.41) is -0.103. The summed E-state index contributed by atoms with van der Waals surface area (Å²) in [5.74, 6) is -1.26. The number of piperidine rings is 1. The van der Waals surface area contributed by atoms with E-state index in [9.17, 15) is 9.18 Å².